The second-order valence-electron chi connectivity index (χ2n) is 6.12. The largest absolute Gasteiger partial charge is 0.449 e. The van der Waals surface area contributed by atoms with Crippen LogP contribution in [-0.4, -0.2) is 22.1 Å². The van der Waals surface area contributed by atoms with Gasteiger partial charge in [0.05, 0.1) is 5.56 Å². The average molecular weight is 365 g/mol. The van der Waals surface area contributed by atoms with Gasteiger partial charge in [-0.15, -0.1) is 10.2 Å². The number of hydrogen-bond donors (Lipinski definition) is 1. The SMILES string of the molecule is CC(=O)Nc1ccc(C(=O)O[C@@H](C)c2nnc(-c3ccc(C)cc3)o2)cc1. The maximum absolute atomic E-state index is 12.3. The van der Waals surface area contributed by atoms with Crippen LogP contribution < -0.4 is 5.32 Å². The molecule has 27 heavy (non-hydrogen) atoms. The molecule has 0 bridgehead atoms. The smallest absolute Gasteiger partial charge is 0.338 e. The molecule has 7 heteroatoms. The Labute approximate surface area is 156 Å². The fourth-order valence-corrected chi connectivity index (χ4v) is 2.38. The van der Waals surface area contributed by atoms with E-state index in [2.05, 4.69) is 15.5 Å². The zero-order valence-electron chi connectivity index (χ0n) is 15.2. The number of hydrogen-bond acceptors (Lipinski definition) is 6. The first kappa shape index (κ1) is 18.3. The molecule has 3 aromatic rings. The van der Waals surface area contributed by atoms with Gasteiger partial charge in [-0.3, -0.25) is 4.79 Å². The van der Waals surface area contributed by atoms with Crippen molar-refractivity contribution in [2.75, 3.05) is 5.32 Å². The second kappa shape index (κ2) is 7.82. The van der Waals surface area contributed by atoms with E-state index in [1.165, 1.54) is 6.92 Å². The summed E-state index contributed by atoms with van der Waals surface area (Å²) in [5.74, 6) is -0.118. The molecular formula is C20H19N3O4. The maximum atomic E-state index is 12.3. The summed E-state index contributed by atoms with van der Waals surface area (Å²) in [6.45, 7) is 5.07. The van der Waals surface area contributed by atoms with Gasteiger partial charge in [-0.1, -0.05) is 17.7 Å². The highest BCUT2D eigenvalue weighted by Crippen LogP contribution is 2.23. The summed E-state index contributed by atoms with van der Waals surface area (Å²) in [7, 11) is 0. The van der Waals surface area contributed by atoms with Gasteiger partial charge < -0.3 is 14.5 Å². The number of anilines is 1. The Hall–Kier alpha value is -3.48. The summed E-state index contributed by atoms with van der Waals surface area (Å²) in [4.78, 5) is 23.3. The Kier molecular flexibility index (Phi) is 5.30. The summed E-state index contributed by atoms with van der Waals surface area (Å²) < 4.78 is 11.0. The minimum absolute atomic E-state index is 0.181. The molecule has 0 saturated carbocycles. The van der Waals surface area contributed by atoms with E-state index in [0.717, 1.165) is 11.1 Å². The van der Waals surface area contributed by atoms with Gasteiger partial charge in [-0.25, -0.2) is 4.79 Å². The minimum Gasteiger partial charge on any atom is -0.449 e. The number of ether oxygens (including phenoxy) is 1. The quantitative estimate of drug-likeness (QED) is 0.689. The predicted octanol–water partition coefficient (Wildman–Crippen LogP) is 3.92. The van der Waals surface area contributed by atoms with Gasteiger partial charge in [0.25, 0.3) is 5.89 Å². The number of esters is 1. The van der Waals surface area contributed by atoms with Crippen molar-refractivity contribution in [2.24, 2.45) is 0 Å². The van der Waals surface area contributed by atoms with Gasteiger partial charge in [0, 0.05) is 18.2 Å². The van der Waals surface area contributed by atoms with Crippen molar-refractivity contribution in [3.05, 3.63) is 65.5 Å². The molecule has 0 aliphatic rings. The lowest BCUT2D eigenvalue weighted by Crippen LogP contribution is -2.10. The zero-order chi connectivity index (χ0) is 19.4. The van der Waals surface area contributed by atoms with E-state index in [9.17, 15) is 9.59 Å². The number of carbonyl (C=O) groups excluding carboxylic acids is 2. The molecule has 138 valence electrons. The molecule has 0 spiro atoms. The molecule has 0 aliphatic heterocycles. The third-order valence-electron chi connectivity index (χ3n) is 3.81. The van der Waals surface area contributed by atoms with Crippen LogP contribution in [0.25, 0.3) is 11.5 Å². The minimum atomic E-state index is -0.695. The molecule has 3 rings (SSSR count). The third kappa shape index (κ3) is 4.58. The molecule has 1 aromatic heterocycles. The lowest BCUT2D eigenvalue weighted by molar-refractivity contribution is -0.114. The lowest BCUT2D eigenvalue weighted by atomic mass is 10.1. The predicted molar refractivity (Wildman–Crippen MR) is 99.0 cm³/mol. The molecule has 0 aliphatic carbocycles. The molecular weight excluding hydrogens is 346 g/mol. The molecule has 0 saturated heterocycles. The number of aromatic nitrogens is 2. The van der Waals surface area contributed by atoms with Crippen LogP contribution in [0.15, 0.2) is 52.9 Å². The van der Waals surface area contributed by atoms with Crippen LogP contribution >= 0.6 is 0 Å². The first-order chi connectivity index (χ1) is 12.9. The Morgan fingerprint density at radius 3 is 2.33 bits per heavy atom. The van der Waals surface area contributed by atoms with Crippen LogP contribution in [0.2, 0.25) is 0 Å². The van der Waals surface area contributed by atoms with Crippen molar-refractivity contribution in [1.29, 1.82) is 0 Å². The number of nitrogens with one attached hydrogen (secondary N) is 1. The molecule has 0 unspecified atom stereocenters. The Morgan fingerprint density at radius 1 is 1.04 bits per heavy atom. The van der Waals surface area contributed by atoms with Crippen molar-refractivity contribution in [3.63, 3.8) is 0 Å². The number of aryl methyl sites for hydroxylation is 1. The second-order valence-corrected chi connectivity index (χ2v) is 6.12. The fraction of sp³-hybridized carbons (Fsp3) is 0.200. The van der Waals surface area contributed by atoms with Crippen molar-refractivity contribution in [1.82, 2.24) is 10.2 Å². The van der Waals surface area contributed by atoms with Crippen LogP contribution in [0.4, 0.5) is 5.69 Å². The first-order valence-corrected chi connectivity index (χ1v) is 8.41. The Balaban J connectivity index is 1.66. The van der Waals surface area contributed by atoms with E-state index in [1.807, 2.05) is 31.2 Å². The van der Waals surface area contributed by atoms with Gasteiger partial charge in [0.1, 0.15) is 0 Å². The summed E-state index contributed by atoms with van der Waals surface area (Å²) in [6.07, 6.45) is -0.695. The first-order valence-electron chi connectivity index (χ1n) is 8.41. The topological polar surface area (TPSA) is 94.3 Å². The molecule has 1 N–H and O–H groups in total. The van der Waals surface area contributed by atoms with Crippen LogP contribution in [0.5, 0.6) is 0 Å². The lowest BCUT2D eigenvalue weighted by Gasteiger charge is -2.10. The molecule has 2 aromatic carbocycles. The van der Waals surface area contributed by atoms with Crippen LogP contribution in [-0.2, 0) is 9.53 Å². The Morgan fingerprint density at radius 2 is 1.70 bits per heavy atom. The van der Waals surface area contributed by atoms with E-state index in [4.69, 9.17) is 9.15 Å². The highest BCUT2D eigenvalue weighted by Gasteiger charge is 2.20. The van der Waals surface area contributed by atoms with E-state index in [0.29, 0.717) is 17.1 Å². The zero-order valence-corrected chi connectivity index (χ0v) is 15.2. The standard InChI is InChI=1S/C20H19N3O4/c1-12-4-6-15(7-5-12)19-23-22-18(27-19)13(2)26-20(25)16-8-10-17(11-9-16)21-14(3)24/h4-11,13H,1-3H3,(H,21,24)/t13-/m0/s1. The van der Waals surface area contributed by atoms with Crippen molar-refractivity contribution >= 4 is 17.6 Å². The van der Waals surface area contributed by atoms with Gasteiger partial charge in [0.15, 0.2) is 6.10 Å². The fourth-order valence-electron chi connectivity index (χ4n) is 2.38. The van der Waals surface area contributed by atoms with Gasteiger partial charge in [-0.05, 0) is 50.2 Å². The molecule has 1 atom stereocenters. The normalized spacial score (nSPS) is 11.7. The monoisotopic (exact) mass is 365 g/mol. The van der Waals surface area contributed by atoms with Crippen LogP contribution in [0, 0.1) is 6.92 Å². The molecule has 1 amide bonds. The summed E-state index contributed by atoms with van der Waals surface area (Å²) >= 11 is 0. The highest BCUT2D eigenvalue weighted by atomic mass is 16.6. The molecule has 0 radical (unpaired) electrons. The van der Waals surface area contributed by atoms with Crippen molar-refractivity contribution in [2.45, 2.75) is 26.9 Å². The number of amides is 1. The van der Waals surface area contributed by atoms with E-state index in [-0.39, 0.29) is 11.8 Å². The van der Waals surface area contributed by atoms with Gasteiger partial charge >= 0.3 is 5.97 Å². The average Bonchev–Trinajstić information content (AvgIpc) is 3.12. The molecule has 7 nitrogen and oxygen atoms in total. The maximum Gasteiger partial charge on any atom is 0.338 e. The number of nitrogens with zero attached hydrogens (tertiary/aromatic N) is 2. The van der Waals surface area contributed by atoms with E-state index < -0.39 is 12.1 Å². The van der Waals surface area contributed by atoms with E-state index in [1.54, 1.807) is 31.2 Å². The van der Waals surface area contributed by atoms with Gasteiger partial charge in [0.2, 0.25) is 11.8 Å². The van der Waals surface area contributed by atoms with Gasteiger partial charge in [-0.2, -0.15) is 0 Å². The number of rotatable bonds is 5. The number of carbonyl (C=O) groups is 2. The van der Waals surface area contributed by atoms with E-state index >= 15 is 0 Å². The van der Waals surface area contributed by atoms with Crippen molar-refractivity contribution in [3.8, 4) is 11.5 Å². The summed E-state index contributed by atoms with van der Waals surface area (Å²) in [6, 6.07) is 14.1. The highest BCUT2D eigenvalue weighted by molar-refractivity contribution is 5.92. The molecule has 1 heterocycles. The summed E-state index contributed by atoms with van der Waals surface area (Å²) in [5, 5.41) is 10.6. The van der Waals surface area contributed by atoms with Crippen LogP contribution in [0.3, 0.4) is 0 Å². The van der Waals surface area contributed by atoms with Crippen molar-refractivity contribution < 1.29 is 18.7 Å². The Bertz CT molecular complexity index is 946. The van der Waals surface area contributed by atoms with Crippen LogP contribution in [0.1, 0.15) is 41.8 Å². The number of benzene rings is 2. The summed E-state index contributed by atoms with van der Waals surface area (Å²) in [5.41, 5.74) is 2.89. The third-order valence-corrected chi connectivity index (χ3v) is 3.81. The molecule has 0 fully saturated rings.